The van der Waals surface area contributed by atoms with Gasteiger partial charge in [-0.1, -0.05) is 22.9 Å². The lowest BCUT2D eigenvalue weighted by Crippen LogP contribution is -3.05. The number of thiazole rings is 1. The van der Waals surface area contributed by atoms with E-state index in [0.717, 1.165) is 28.9 Å². The molecule has 0 aliphatic rings. The minimum Gasteiger partial charge on any atom is -0.378 e. The molecular weight excluding hydrogens is 392 g/mol. The molecule has 0 spiro atoms. The molecule has 5 nitrogen and oxygen atoms in total. The molecule has 3 rings (SSSR count). The Morgan fingerprint density at radius 2 is 1.86 bits per heavy atom. The van der Waals surface area contributed by atoms with Crippen LogP contribution in [0.3, 0.4) is 0 Å². The fourth-order valence-corrected chi connectivity index (χ4v) is 4.20. The third-order valence-corrected chi connectivity index (χ3v) is 5.78. The first-order chi connectivity index (χ1) is 13.3. The molecule has 1 N–H and O–H groups in total. The minimum atomic E-state index is -0.0239. The van der Waals surface area contributed by atoms with Gasteiger partial charge in [0.1, 0.15) is 0 Å². The molecule has 0 saturated heterocycles. The summed E-state index contributed by atoms with van der Waals surface area (Å²) in [5.41, 5.74) is 2.59. The summed E-state index contributed by atoms with van der Waals surface area (Å²) in [6.45, 7) is 1.62. The molecule has 1 amide bonds. The van der Waals surface area contributed by atoms with Crippen molar-refractivity contribution in [3.63, 3.8) is 0 Å². The van der Waals surface area contributed by atoms with E-state index in [1.165, 1.54) is 16.2 Å². The van der Waals surface area contributed by atoms with Crippen LogP contribution in [0.4, 0.5) is 10.8 Å². The number of amides is 1. The summed E-state index contributed by atoms with van der Waals surface area (Å²) in [4.78, 5) is 23.2. The van der Waals surface area contributed by atoms with Gasteiger partial charge in [-0.25, -0.2) is 4.98 Å². The Morgan fingerprint density at radius 3 is 2.50 bits per heavy atom. The maximum atomic E-state index is 13.3. The Kier molecular flexibility index (Phi) is 6.54. The summed E-state index contributed by atoms with van der Waals surface area (Å²) in [7, 11) is 8.20. The minimum absolute atomic E-state index is 0.0239. The van der Waals surface area contributed by atoms with Crippen LogP contribution in [0, 0.1) is 0 Å². The van der Waals surface area contributed by atoms with Gasteiger partial charge in [0.15, 0.2) is 5.13 Å². The molecule has 0 radical (unpaired) electrons. The smallest absolute Gasteiger partial charge is 0.260 e. The van der Waals surface area contributed by atoms with E-state index in [0.29, 0.717) is 22.3 Å². The number of nitrogens with one attached hydrogen (secondary N) is 1. The molecule has 148 valence electrons. The Bertz CT molecular complexity index is 953. The molecular formula is C21H26ClN4OS+. The third-order valence-electron chi connectivity index (χ3n) is 4.50. The van der Waals surface area contributed by atoms with Crippen LogP contribution >= 0.6 is 22.9 Å². The van der Waals surface area contributed by atoms with Crippen LogP contribution in [0.2, 0.25) is 5.02 Å². The molecule has 7 heteroatoms. The number of anilines is 2. The molecule has 1 heterocycles. The number of hydrogen-bond acceptors (Lipinski definition) is 4. The van der Waals surface area contributed by atoms with Crippen molar-refractivity contribution in [3.05, 3.63) is 53.1 Å². The number of benzene rings is 2. The highest BCUT2D eigenvalue weighted by atomic mass is 35.5. The van der Waals surface area contributed by atoms with Crippen molar-refractivity contribution in [2.45, 2.75) is 6.42 Å². The largest absolute Gasteiger partial charge is 0.378 e. The van der Waals surface area contributed by atoms with Crippen LogP contribution in [0.15, 0.2) is 42.5 Å². The Hall–Kier alpha value is -2.15. The number of carbonyl (C=O) groups is 1. The van der Waals surface area contributed by atoms with Crippen molar-refractivity contribution in [2.75, 3.05) is 51.1 Å². The highest BCUT2D eigenvalue weighted by molar-refractivity contribution is 7.22. The first-order valence-corrected chi connectivity index (χ1v) is 10.5. The predicted molar refractivity (Wildman–Crippen MR) is 119 cm³/mol. The van der Waals surface area contributed by atoms with Gasteiger partial charge >= 0.3 is 0 Å². The second kappa shape index (κ2) is 8.90. The van der Waals surface area contributed by atoms with Gasteiger partial charge in [0.05, 0.1) is 30.9 Å². The first-order valence-electron chi connectivity index (χ1n) is 9.29. The number of hydrogen-bond donors (Lipinski definition) is 1. The number of fused-ring (bicyclic) bond motifs is 1. The molecule has 0 unspecified atom stereocenters. The van der Waals surface area contributed by atoms with Gasteiger partial charge in [0.25, 0.3) is 5.91 Å². The summed E-state index contributed by atoms with van der Waals surface area (Å²) in [6, 6.07) is 13.3. The molecule has 0 saturated carbocycles. The number of halogens is 1. The van der Waals surface area contributed by atoms with E-state index in [2.05, 4.69) is 14.1 Å². The molecule has 0 aliphatic heterocycles. The fraction of sp³-hybridized carbons (Fsp3) is 0.333. The number of quaternary nitrogens is 1. The van der Waals surface area contributed by atoms with Crippen molar-refractivity contribution >= 4 is 49.9 Å². The van der Waals surface area contributed by atoms with E-state index >= 15 is 0 Å². The zero-order valence-electron chi connectivity index (χ0n) is 16.7. The summed E-state index contributed by atoms with van der Waals surface area (Å²) < 4.78 is 0.987. The molecule has 2 aromatic carbocycles. The highest BCUT2D eigenvalue weighted by Gasteiger charge is 2.21. The van der Waals surface area contributed by atoms with Gasteiger partial charge in [0.2, 0.25) is 0 Å². The second-order valence-corrected chi connectivity index (χ2v) is 8.76. The maximum absolute atomic E-state index is 13.3. The normalized spacial score (nSPS) is 11.2. The van der Waals surface area contributed by atoms with Gasteiger partial charge in [0, 0.05) is 43.3 Å². The molecule has 0 aliphatic carbocycles. The lowest BCUT2D eigenvalue weighted by atomic mass is 10.1. The number of carbonyl (C=O) groups excluding carboxylic acids is 1. The van der Waals surface area contributed by atoms with Crippen LogP contribution < -0.4 is 14.7 Å². The van der Waals surface area contributed by atoms with E-state index in [9.17, 15) is 4.79 Å². The van der Waals surface area contributed by atoms with Crippen LogP contribution in [0.5, 0.6) is 0 Å². The Balaban J connectivity index is 1.91. The fourth-order valence-electron chi connectivity index (χ4n) is 2.93. The average Bonchev–Trinajstić information content (AvgIpc) is 3.07. The monoisotopic (exact) mass is 417 g/mol. The number of rotatable bonds is 7. The summed E-state index contributed by atoms with van der Waals surface area (Å²) >= 11 is 7.62. The van der Waals surface area contributed by atoms with Crippen molar-refractivity contribution < 1.29 is 9.69 Å². The Labute approximate surface area is 175 Å². The van der Waals surface area contributed by atoms with E-state index in [-0.39, 0.29) is 5.91 Å². The predicted octanol–water partition coefficient (Wildman–Crippen LogP) is 3.20. The van der Waals surface area contributed by atoms with Crippen molar-refractivity contribution in [1.82, 2.24) is 4.98 Å². The Morgan fingerprint density at radius 1 is 1.14 bits per heavy atom. The average molecular weight is 418 g/mol. The van der Waals surface area contributed by atoms with Crippen molar-refractivity contribution in [2.24, 2.45) is 0 Å². The zero-order chi connectivity index (χ0) is 20.3. The molecule has 1 aromatic heterocycles. The van der Waals surface area contributed by atoms with Crippen LogP contribution in [0.25, 0.3) is 10.2 Å². The van der Waals surface area contributed by atoms with Crippen molar-refractivity contribution in [1.29, 1.82) is 0 Å². The molecule has 0 fully saturated rings. The summed E-state index contributed by atoms with van der Waals surface area (Å²) in [5.74, 6) is -0.0239. The van der Waals surface area contributed by atoms with Gasteiger partial charge in [-0.2, -0.15) is 0 Å². The molecule has 0 bridgehead atoms. The van der Waals surface area contributed by atoms with Gasteiger partial charge < -0.3 is 9.80 Å². The highest BCUT2D eigenvalue weighted by Crippen LogP contribution is 2.31. The first kappa shape index (κ1) is 20.6. The molecule has 0 atom stereocenters. The SMILES string of the molecule is CN(C)c1ccc(C(=O)N(CCC[NH+](C)C)c2nc3ccc(Cl)cc3s2)cc1. The summed E-state index contributed by atoms with van der Waals surface area (Å²) in [6.07, 6.45) is 0.903. The third kappa shape index (κ3) is 4.82. The maximum Gasteiger partial charge on any atom is 0.260 e. The van der Waals surface area contributed by atoms with Gasteiger partial charge in [-0.3, -0.25) is 9.69 Å². The lowest BCUT2D eigenvalue weighted by Gasteiger charge is -2.21. The van der Waals surface area contributed by atoms with Gasteiger partial charge in [-0.05, 0) is 42.5 Å². The quantitative estimate of drug-likeness (QED) is 0.641. The van der Waals surface area contributed by atoms with Crippen molar-refractivity contribution in [3.8, 4) is 0 Å². The van der Waals surface area contributed by atoms with E-state index < -0.39 is 0 Å². The second-order valence-electron chi connectivity index (χ2n) is 7.32. The topological polar surface area (TPSA) is 40.9 Å². The zero-order valence-corrected chi connectivity index (χ0v) is 18.3. The molecule has 28 heavy (non-hydrogen) atoms. The van der Waals surface area contributed by atoms with E-state index in [1.807, 2.05) is 61.5 Å². The van der Waals surface area contributed by atoms with E-state index in [4.69, 9.17) is 16.6 Å². The van der Waals surface area contributed by atoms with Crippen LogP contribution in [-0.2, 0) is 0 Å². The van der Waals surface area contributed by atoms with E-state index in [1.54, 1.807) is 4.90 Å². The molecule has 3 aromatic rings. The lowest BCUT2D eigenvalue weighted by molar-refractivity contribution is -0.858. The van der Waals surface area contributed by atoms with Crippen LogP contribution in [-0.4, -0.2) is 52.2 Å². The standard InChI is InChI=1S/C21H25ClN4OS/c1-24(2)12-5-13-26(20(27)15-6-9-17(10-7-15)25(3)4)21-23-18-11-8-16(22)14-19(18)28-21/h6-11,14H,5,12-13H2,1-4H3/p+1. The number of nitrogens with zero attached hydrogens (tertiary/aromatic N) is 3. The summed E-state index contributed by atoms with van der Waals surface area (Å²) in [5, 5.41) is 1.39. The number of aromatic nitrogens is 1. The van der Waals surface area contributed by atoms with Gasteiger partial charge in [-0.15, -0.1) is 0 Å². The van der Waals surface area contributed by atoms with Crippen LogP contribution in [0.1, 0.15) is 16.8 Å².